The van der Waals surface area contributed by atoms with Gasteiger partial charge in [0.1, 0.15) is 11.8 Å². The van der Waals surface area contributed by atoms with Crippen molar-refractivity contribution >= 4 is 5.69 Å². The lowest BCUT2D eigenvalue weighted by Gasteiger charge is -2.28. The molecule has 0 aliphatic carbocycles. The van der Waals surface area contributed by atoms with Crippen molar-refractivity contribution in [2.45, 2.75) is 12.0 Å². The first-order valence-corrected chi connectivity index (χ1v) is 6.29. The van der Waals surface area contributed by atoms with Gasteiger partial charge in [-0.2, -0.15) is 5.26 Å². The fraction of sp³-hybridized carbons (Fsp3) is 0.188. The number of hydrogen-bond donors (Lipinski definition) is 1. The van der Waals surface area contributed by atoms with Gasteiger partial charge in [0, 0.05) is 5.69 Å². The predicted octanol–water partition coefficient (Wildman–Crippen LogP) is 3.79. The van der Waals surface area contributed by atoms with Crippen LogP contribution in [0.3, 0.4) is 0 Å². The van der Waals surface area contributed by atoms with Gasteiger partial charge in [-0.15, -0.1) is 0 Å². The van der Waals surface area contributed by atoms with Crippen LogP contribution in [0.1, 0.15) is 5.56 Å². The number of nitriles is 1. The molecule has 2 aromatic rings. The van der Waals surface area contributed by atoms with E-state index in [-0.39, 0.29) is 5.56 Å². The Morgan fingerprint density at radius 2 is 1.71 bits per heavy atom. The van der Waals surface area contributed by atoms with E-state index in [4.69, 9.17) is 4.74 Å². The first-order chi connectivity index (χ1) is 10.1. The van der Waals surface area contributed by atoms with Crippen LogP contribution >= 0.6 is 0 Å². The molecule has 0 aromatic heterocycles. The number of ether oxygens (including phenoxy) is 1. The maximum atomic E-state index is 13.6. The van der Waals surface area contributed by atoms with Crippen molar-refractivity contribution in [1.29, 1.82) is 5.26 Å². The number of nitrogens with one attached hydrogen (secondary N) is 1. The topological polar surface area (TPSA) is 45.0 Å². The Kier molecular flexibility index (Phi) is 4.39. The van der Waals surface area contributed by atoms with Crippen LogP contribution in [0.25, 0.3) is 0 Å². The van der Waals surface area contributed by atoms with E-state index in [0.29, 0.717) is 11.4 Å². The third kappa shape index (κ3) is 2.95. The largest absolute Gasteiger partial charge is 0.497 e. The van der Waals surface area contributed by atoms with Gasteiger partial charge in [-0.1, -0.05) is 30.3 Å². The third-order valence-electron chi connectivity index (χ3n) is 3.16. The van der Waals surface area contributed by atoms with Crippen molar-refractivity contribution in [3.8, 4) is 11.8 Å². The number of methoxy groups -OCH3 is 1. The smallest absolute Gasteiger partial charge is 0.278 e. The molecule has 108 valence electrons. The van der Waals surface area contributed by atoms with Crippen molar-refractivity contribution in [2.24, 2.45) is 0 Å². The van der Waals surface area contributed by atoms with E-state index >= 15 is 0 Å². The maximum absolute atomic E-state index is 13.6. The lowest BCUT2D eigenvalue weighted by atomic mass is 9.91. The fourth-order valence-electron chi connectivity index (χ4n) is 2.00. The second-order valence-corrected chi connectivity index (χ2v) is 4.44. The highest BCUT2D eigenvalue weighted by Crippen LogP contribution is 2.32. The van der Waals surface area contributed by atoms with Crippen LogP contribution in [0.2, 0.25) is 0 Å². The molecule has 0 saturated carbocycles. The minimum Gasteiger partial charge on any atom is -0.497 e. The van der Waals surface area contributed by atoms with Gasteiger partial charge in [0.05, 0.1) is 7.11 Å². The SMILES string of the molecule is COc1ccc(N[C@](C#N)(c2ccccc2)C(F)F)cc1. The highest BCUT2D eigenvalue weighted by Gasteiger charge is 2.42. The highest BCUT2D eigenvalue weighted by atomic mass is 19.3. The highest BCUT2D eigenvalue weighted by molar-refractivity contribution is 5.53. The van der Waals surface area contributed by atoms with Gasteiger partial charge >= 0.3 is 0 Å². The van der Waals surface area contributed by atoms with Gasteiger partial charge in [0.25, 0.3) is 6.43 Å². The molecule has 0 unspecified atom stereocenters. The summed E-state index contributed by atoms with van der Waals surface area (Å²) in [5, 5.41) is 12.0. The molecule has 5 heteroatoms. The lowest BCUT2D eigenvalue weighted by molar-refractivity contribution is 0.0928. The van der Waals surface area contributed by atoms with Gasteiger partial charge < -0.3 is 10.1 Å². The first-order valence-electron chi connectivity index (χ1n) is 6.29. The molecule has 2 aromatic carbocycles. The second kappa shape index (κ2) is 6.23. The molecule has 2 rings (SSSR count). The Bertz CT molecular complexity index is 623. The summed E-state index contributed by atoms with van der Waals surface area (Å²) in [6.45, 7) is 0. The molecule has 0 aliphatic rings. The molecule has 0 radical (unpaired) electrons. The molecule has 1 N–H and O–H groups in total. The van der Waals surface area contributed by atoms with Crippen molar-refractivity contribution in [3.05, 3.63) is 60.2 Å². The average molecular weight is 288 g/mol. The van der Waals surface area contributed by atoms with Crippen LogP contribution in [0.4, 0.5) is 14.5 Å². The number of rotatable bonds is 5. The van der Waals surface area contributed by atoms with Crippen LogP contribution < -0.4 is 10.1 Å². The Balaban J connectivity index is 2.39. The van der Waals surface area contributed by atoms with Crippen LogP contribution in [0.15, 0.2) is 54.6 Å². The van der Waals surface area contributed by atoms with E-state index in [1.54, 1.807) is 48.5 Å². The molecule has 0 aliphatic heterocycles. The summed E-state index contributed by atoms with van der Waals surface area (Å²) in [6.07, 6.45) is -2.88. The van der Waals surface area contributed by atoms with E-state index in [9.17, 15) is 14.0 Å². The van der Waals surface area contributed by atoms with Crippen molar-refractivity contribution < 1.29 is 13.5 Å². The molecule has 0 amide bonds. The average Bonchev–Trinajstić information content (AvgIpc) is 2.54. The summed E-state index contributed by atoms with van der Waals surface area (Å²) in [5.41, 5.74) is -1.45. The summed E-state index contributed by atoms with van der Waals surface area (Å²) in [6, 6.07) is 16.2. The zero-order valence-electron chi connectivity index (χ0n) is 11.4. The molecule has 0 heterocycles. The van der Waals surface area contributed by atoms with Crippen LogP contribution in [0, 0.1) is 11.3 Å². The fourth-order valence-corrected chi connectivity index (χ4v) is 2.00. The summed E-state index contributed by atoms with van der Waals surface area (Å²) in [4.78, 5) is 0. The summed E-state index contributed by atoms with van der Waals surface area (Å²) >= 11 is 0. The van der Waals surface area contributed by atoms with Gasteiger partial charge in [-0.05, 0) is 29.8 Å². The van der Waals surface area contributed by atoms with Gasteiger partial charge in [0.15, 0.2) is 0 Å². The van der Waals surface area contributed by atoms with E-state index in [1.807, 2.05) is 0 Å². The molecule has 0 spiro atoms. The third-order valence-corrected chi connectivity index (χ3v) is 3.16. The minimum absolute atomic E-state index is 0.221. The quantitative estimate of drug-likeness (QED) is 0.910. The second-order valence-electron chi connectivity index (χ2n) is 4.44. The van der Waals surface area contributed by atoms with Crippen molar-refractivity contribution in [1.82, 2.24) is 0 Å². The Labute approximate surface area is 121 Å². The number of benzene rings is 2. The molecule has 1 atom stereocenters. The minimum atomic E-state index is -2.88. The van der Waals surface area contributed by atoms with Gasteiger partial charge in [0.2, 0.25) is 5.54 Å². The van der Waals surface area contributed by atoms with Crippen LogP contribution in [-0.4, -0.2) is 13.5 Å². The lowest BCUT2D eigenvalue weighted by Crippen LogP contribution is -2.41. The number of nitrogens with zero attached hydrogens (tertiary/aromatic N) is 1. The van der Waals surface area contributed by atoms with Crippen molar-refractivity contribution in [2.75, 3.05) is 12.4 Å². The number of anilines is 1. The molecular weight excluding hydrogens is 274 g/mol. The summed E-state index contributed by atoms with van der Waals surface area (Å²) in [5.74, 6) is 0.611. The Morgan fingerprint density at radius 1 is 1.10 bits per heavy atom. The van der Waals surface area contributed by atoms with E-state index < -0.39 is 12.0 Å². The predicted molar refractivity (Wildman–Crippen MR) is 76.4 cm³/mol. The molecule has 21 heavy (non-hydrogen) atoms. The number of hydrogen-bond acceptors (Lipinski definition) is 3. The molecule has 3 nitrogen and oxygen atoms in total. The van der Waals surface area contributed by atoms with E-state index in [1.165, 1.54) is 19.2 Å². The number of alkyl halides is 2. The summed E-state index contributed by atoms with van der Waals surface area (Å²) in [7, 11) is 1.52. The first kappa shape index (κ1) is 14.8. The molecule has 0 bridgehead atoms. The maximum Gasteiger partial charge on any atom is 0.278 e. The molecule has 0 fully saturated rings. The van der Waals surface area contributed by atoms with Crippen molar-refractivity contribution in [3.63, 3.8) is 0 Å². The zero-order valence-corrected chi connectivity index (χ0v) is 11.4. The standard InChI is InChI=1S/C16H14F2N2O/c1-21-14-9-7-13(8-10-14)20-16(11-19,15(17)18)12-5-3-2-4-6-12/h2-10,15,20H,1H3/t16-/m1/s1. The van der Waals surface area contributed by atoms with Gasteiger partial charge in [-0.25, -0.2) is 8.78 Å². The van der Waals surface area contributed by atoms with Gasteiger partial charge in [-0.3, -0.25) is 0 Å². The summed E-state index contributed by atoms with van der Waals surface area (Å²) < 4.78 is 32.1. The van der Waals surface area contributed by atoms with Crippen LogP contribution in [-0.2, 0) is 5.54 Å². The number of halogens is 2. The molecular formula is C16H14F2N2O. The Hall–Kier alpha value is -2.61. The van der Waals surface area contributed by atoms with Crippen LogP contribution in [0.5, 0.6) is 5.75 Å². The normalized spacial score (nSPS) is 13.3. The van der Waals surface area contributed by atoms with E-state index in [2.05, 4.69) is 5.32 Å². The van der Waals surface area contributed by atoms with E-state index in [0.717, 1.165) is 0 Å². The molecule has 0 saturated heterocycles. The Morgan fingerprint density at radius 3 is 2.19 bits per heavy atom. The monoisotopic (exact) mass is 288 g/mol. The zero-order chi connectivity index (χ0) is 15.3.